The molecular formula is C14H22. The first-order valence-corrected chi connectivity index (χ1v) is 6.53. The fraction of sp³-hybridized carbons (Fsp3) is 0.857. The van der Waals surface area contributed by atoms with E-state index in [9.17, 15) is 0 Å². The fourth-order valence-electron chi connectivity index (χ4n) is 4.26. The van der Waals surface area contributed by atoms with Gasteiger partial charge in [-0.1, -0.05) is 38.3 Å². The van der Waals surface area contributed by atoms with E-state index in [-0.39, 0.29) is 0 Å². The van der Waals surface area contributed by atoms with Gasteiger partial charge in [0.1, 0.15) is 0 Å². The molecule has 78 valence electrons. The summed E-state index contributed by atoms with van der Waals surface area (Å²) in [6, 6.07) is 0. The standard InChI is InChI=1S/C14H22/c1-10-4-2-3-5-13-11-6-7-12(9-11)14(13)8-10/h6-7,10-14H,2-5,8-9H2,1H3. The van der Waals surface area contributed by atoms with E-state index in [4.69, 9.17) is 0 Å². The van der Waals surface area contributed by atoms with Crippen LogP contribution in [0.15, 0.2) is 12.2 Å². The molecule has 0 heterocycles. The minimum Gasteiger partial charge on any atom is -0.0848 e. The summed E-state index contributed by atoms with van der Waals surface area (Å²) in [5, 5.41) is 0. The van der Waals surface area contributed by atoms with E-state index in [2.05, 4.69) is 19.1 Å². The van der Waals surface area contributed by atoms with Gasteiger partial charge in [0.05, 0.1) is 0 Å². The highest BCUT2D eigenvalue weighted by Crippen LogP contribution is 2.53. The van der Waals surface area contributed by atoms with E-state index in [0.29, 0.717) is 0 Å². The first-order chi connectivity index (χ1) is 6.84. The summed E-state index contributed by atoms with van der Waals surface area (Å²) in [5.41, 5.74) is 0. The van der Waals surface area contributed by atoms with E-state index in [0.717, 1.165) is 29.6 Å². The summed E-state index contributed by atoms with van der Waals surface area (Å²) in [7, 11) is 0. The second-order valence-electron chi connectivity index (χ2n) is 5.90. The van der Waals surface area contributed by atoms with Crippen LogP contribution in [0.3, 0.4) is 0 Å². The summed E-state index contributed by atoms with van der Waals surface area (Å²) >= 11 is 0. The molecule has 3 rings (SSSR count). The number of rotatable bonds is 0. The molecule has 0 N–H and O–H groups in total. The van der Waals surface area contributed by atoms with Crippen molar-refractivity contribution in [2.45, 2.75) is 45.4 Å². The average molecular weight is 190 g/mol. The summed E-state index contributed by atoms with van der Waals surface area (Å²) in [6.07, 6.45) is 14.1. The highest BCUT2D eigenvalue weighted by atomic mass is 14.5. The molecule has 2 fully saturated rings. The van der Waals surface area contributed by atoms with Gasteiger partial charge in [0.2, 0.25) is 0 Å². The summed E-state index contributed by atoms with van der Waals surface area (Å²) in [6.45, 7) is 2.47. The van der Waals surface area contributed by atoms with Crippen LogP contribution in [0, 0.1) is 29.6 Å². The average Bonchev–Trinajstić information content (AvgIpc) is 2.69. The van der Waals surface area contributed by atoms with Crippen molar-refractivity contribution in [3.63, 3.8) is 0 Å². The SMILES string of the molecule is CC1CCCCC2C3C=CC(C3)C2C1. The quantitative estimate of drug-likeness (QED) is 0.506. The minimum atomic E-state index is 0.977. The van der Waals surface area contributed by atoms with Crippen LogP contribution >= 0.6 is 0 Å². The summed E-state index contributed by atoms with van der Waals surface area (Å²) < 4.78 is 0. The van der Waals surface area contributed by atoms with Gasteiger partial charge >= 0.3 is 0 Å². The predicted octanol–water partition coefficient (Wildman–Crippen LogP) is 4.02. The van der Waals surface area contributed by atoms with E-state index >= 15 is 0 Å². The van der Waals surface area contributed by atoms with E-state index < -0.39 is 0 Å². The van der Waals surface area contributed by atoms with Gasteiger partial charge in [-0.15, -0.1) is 0 Å². The van der Waals surface area contributed by atoms with Crippen LogP contribution in [0.4, 0.5) is 0 Å². The van der Waals surface area contributed by atoms with Gasteiger partial charge in [0, 0.05) is 0 Å². The molecule has 0 aromatic heterocycles. The first-order valence-electron chi connectivity index (χ1n) is 6.53. The zero-order valence-corrected chi connectivity index (χ0v) is 9.28. The Morgan fingerprint density at radius 2 is 1.57 bits per heavy atom. The van der Waals surface area contributed by atoms with Crippen LogP contribution < -0.4 is 0 Å². The number of hydrogen-bond donors (Lipinski definition) is 0. The van der Waals surface area contributed by atoms with Crippen LogP contribution in [0.1, 0.15) is 45.4 Å². The Hall–Kier alpha value is -0.260. The lowest BCUT2D eigenvalue weighted by atomic mass is 9.73. The van der Waals surface area contributed by atoms with E-state index in [1.54, 1.807) is 0 Å². The van der Waals surface area contributed by atoms with Gasteiger partial charge < -0.3 is 0 Å². The molecule has 0 aromatic rings. The van der Waals surface area contributed by atoms with Gasteiger partial charge in [0.15, 0.2) is 0 Å². The van der Waals surface area contributed by atoms with Crippen molar-refractivity contribution in [3.8, 4) is 0 Å². The molecule has 0 nitrogen and oxygen atoms in total. The normalized spacial score (nSPS) is 51.4. The van der Waals surface area contributed by atoms with Crippen molar-refractivity contribution < 1.29 is 0 Å². The molecule has 0 saturated heterocycles. The topological polar surface area (TPSA) is 0 Å². The maximum absolute atomic E-state index is 2.53. The molecule has 0 aliphatic heterocycles. The molecule has 3 aliphatic rings. The molecule has 2 bridgehead atoms. The third-order valence-corrected chi connectivity index (χ3v) is 4.96. The Kier molecular flexibility index (Phi) is 2.18. The van der Waals surface area contributed by atoms with Crippen molar-refractivity contribution >= 4 is 0 Å². The van der Waals surface area contributed by atoms with Crippen LogP contribution in [-0.4, -0.2) is 0 Å². The lowest BCUT2D eigenvalue weighted by Gasteiger charge is -2.32. The maximum atomic E-state index is 2.53. The third kappa shape index (κ3) is 1.34. The second-order valence-corrected chi connectivity index (χ2v) is 5.90. The van der Waals surface area contributed by atoms with Crippen LogP contribution in [-0.2, 0) is 0 Å². The molecule has 5 unspecified atom stereocenters. The van der Waals surface area contributed by atoms with Crippen LogP contribution in [0.5, 0.6) is 0 Å². The van der Waals surface area contributed by atoms with Crippen molar-refractivity contribution in [2.24, 2.45) is 29.6 Å². The highest BCUT2D eigenvalue weighted by molar-refractivity contribution is 5.13. The molecule has 2 saturated carbocycles. The van der Waals surface area contributed by atoms with Gasteiger partial charge in [-0.2, -0.15) is 0 Å². The van der Waals surface area contributed by atoms with Crippen molar-refractivity contribution in [2.75, 3.05) is 0 Å². The largest absolute Gasteiger partial charge is 0.0848 e. The van der Waals surface area contributed by atoms with Gasteiger partial charge in [0.25, 0.3) is 0 Å². The van der Waals surface area contributed by atoms with Crippen molar-refractivity contribution in [1.29, 1.82) is 0 Å². The third-order valence-electron chi connectivity index (χ3n) is 4.96. The van der Waals surface area contributed by atoms with E-state index in [1.165, 1.54) is 38.5 Å². The summed E-state index contributed by atoms with van der Waals surface area (Å²) in [4.78, 5) is 0. The second kappa shape index (κ2) is 3.40. The lowest BCUT2D eigenvalue weighted by molar-refractivity contribution is 0.210. The zero-order chi connectivity index (χ0) is 9.54. The Bertz CT molecular complexity index is 240. The minimum absolute atomic E-state index is 0.977. The number of fused-ring (bicyclic) bond motifs is 5. The van der Waals surface area contributed by atoms with Crippen LogP contribution in [0.2, 0.25) is 0 Å². The lowest BCUT2D eigenvalue weighted by Crippen LogP contribution is -2.23. The zero-order valence-electron chi connectivity index (χ0n) is 9.28. The Morgan fingerprint density at radius 1 is 0.857 bits per heavy atom. The molecular weight excluding hydrogens is 168 g/mol. The molecule has 0 amide bonds. The summed E-state index contributed by atoms with van der Waals surface area (Å²) in [5.74, 6) is 5.10. The molecule has 0 heteroatoms. The number of allylic oxidation sites excluding steroid dienone is 2. The Labute approximate surface area is 87.8 Å². The Balaban J connectivity index is 1.79. The molecule has 0 radical (unpaired) electrons. The smallest absolute Gasteiger partial charge is 0.0196 e. The molecule has 3 aliphatic carbocycles. The molecule has 5 atom stereocenters. The highest BCUT2D eigenvalue weighted by Gasteiger charge is 2.44. The molecule has 14 heavy (non-hydrogen) atoms. The molecule has 0 aromatic carbocycles. The van der Waals surface area contributed by atoms with Gasteiger partial charge in [-0.3, -0.25) is 0 Å². The van der Waals surface area contributed by atoms with Gasteiger partial charge in [-0.25, -0.2) is 0 Å². The number of hydrogen-bond acceptors (Lipinski definition) is 0. The monoisotopic (exact) mass is 190 g/mol. The van der Waals surface area contributed by atoms with Gasteiger partial charge in [-0.05, 0) is 48.9 Å². The Morgan fingerprint density at radius 3 is 2.43 bits per heavy atom. The first kappa shape index (κ1) is 9.00. The molecule has 0 spiro atoms. The van der Waals surface area contributed by atoms with Crippen molar-refractivity contribution in [1.82, 2.24) is 0 Å². The predicted molar refractivity (Wildman–Crippen MR) is 60.0 cm³/mol. The maximum Gasteiger partial charge on any atom is -0.0196 e. The van der Waals surface area contributed by atoms with Crippen molar-refractivity contribution in [3.05, 3.63) is 12.2 Å². The van der Waals surface area contributed by atoms with E-state index in [1.807, 2.05) is 0 Å². The van der Waals surface area contributed by atoms with Crippen LogP contribution in [0.25, 0.3) is 0 Å². The fourth-order valence-corrected chi connectivity index (χ4v) is 4.26.